The van der Waals surface area contributed by atoms with Crippen LogP contribution in [0.1, 0.15) is 61.1 Å². The van der Waals surface area contributed by atoms with Crippen molar-refractivity contribution in [2.24, 2.45) is 0 Å². The van der Waals surface area contributed by atoms with Crippen LogP contribution in [-0.2, 0) is 6.54 Å². The van der Waals surface area contributed by atoms with Crippen molar-refractivity contribution in [1.82, 2.24) is 9.47 Å². The van der Waals surface area contributed by atoms with Gasteiger partial charge in [0, 0.05) is 37.8 Å². The topological polar surface area (TPSA) is 86.4 Å². The number of allylic oxidation sites excluding steroid dienone is 2. The number of hydrogen-bond acceptors (Lipinski definition) is 5. The normalized spacial score (nSPS) is 14.9. The van der Waals surface area contributed by atoms with Gasteiger partial charge in [-0.1, -0.05) is 37.8 Å². The second kappa shape index (κ2) is 10.3. The molecule has 1 aromatic carbocycles. The highest BCUT2D eigenvalue weighted by molar-refractivity contribution is 8.17. The predicted molar refractivity (Wildman–Crippen MR) is 126 cm³/mol. The molecule has 0 spiro atoms. The molecule has 0 saturated heterocycles. The molecule has 0 aliphatic carbocycles. The molecule has 1 unspecified atom stereocenters. The number of thioether (sulfide) groups is 1. The molecular weight excluding hydrogens is 448 g/mol. The minimum Gasteiger partial charge on any atom is -0.503 e. The van der Waals surface area contributed by atoms with Crippen LogP contribution in [0.5, 0.6) is 5.75 Å². The number of nitrogens with zero attached hydrogens (tertiary/aromatic N) is 2. The molecule has 2 N–H and O–H groups in total. The molecule has 1 aliphatic heterocycles. The van der Waals surface area contributed by atoms with Gasteiger partial charge in [-0.15, -0.1) is 0 Å². The number of pyridine rings is 1. The summed E-state index contributed by atoms with van der Waals surface area (Å²) < 4.78 is 29.4. The van der Waals surface area contributed by atoms with Crippen LogP contribution in [0.3, 0.4) is 0 Å². The molecule has 0 radical (unpaired) electrons. The lowest BCUT2D eigenvalue weighted by molar-refractivity contribution is 0.0707. The van der Waals surface area contributed by atoms with Crippen LogP contribution in [0.4, 0.5) is 8.78 Å². The maximum absolute atomic E-state index is 14.5. The maximum atomic E-state index is 14.5. The first-order valence-electron chi connectivity index (χ1n) is 10.9. The number of benzene rings is 1. The van der Waals surface area contributed by atoms with Crippen molar-refractivity contribution >= 4 is 22.7 Å². The number of carbonyl (C=O) groups excluding carboxylic acids is 1. The summed E-state index contributed by atoms with van der Waals surface area (Å²) >= 11 is 1.01. The molecule has 6 nitrogen and oxygen atoms in total. The number of nitrogens with one attached hydrogen (secondary N) is 1. The summed E-state index contributed by atoms with van der Waals surface area (Å²) in [5, 5.41) is 19.0. The molecular formula is C24H27F2N3O3S. The molecule has 2 aromatic rings. The van der Waals surface area contributed by atoms with Crippen molar-refractivity contribution in [3.63, 3.8) is 0 Å². The molecule has 3 rings (SSSR count). The SMILES string of the molecule is CC/C=C(/SC(=N)c1cn2c(c(O)c1=O)C(=O)N(CC)CC2)C(CC)c1ccc(F)cc1F. The molecule has 0 bridgehead atoms. The zero-order chi connectivity index (χ0) is 24.3. The number of amides is 1. The Bertz CT molecular complexity index is 1180. The Balaban J connectivity index is 1.97. The van der Waals surface area contributed by atoms with Gasteiger partial charge in [0.05, 0.1) is 5.56 Å². The lowest BCUT2D eigenvalue weighted by Crippen LogP contribution is -2.41. The van der Waals surface area contributed by atoms with Gasteiger partial charge in [0.15, 0.2) is 11.4 Å². The Labute approximate surface area is 195 Å². The second-order valence-electron chi connectivity index (χ2n) is 7.72. The van der Waals surface area contributed by atoms with Gasteiger partial charge in [-0.05, 0) is 36.3 Å². The van der Waals surface area contributed by atoms with Crippen LogP contribution >= 0.6 is 11.8 Å². The third-order valence-corrected chi connectivity index (χ3v) is 6.81. The summed E-state index contributed by atoms with van der Waals surface area (Å²) in [4.78, 5) is 27.6. The van der Waals surface area contributed by atoms with Crippen LogP contribution in [0.2, 0.25) is 0 Å². The van der Waals surface area contributed by atoms with E-state index in [2.05, 4.69) is 0 Å². The number of carbonyl (C=O) groups is 1. The molecule has 9 heteroatoms. The molecule has 176 valence electrons. The minimum atomic E-state index is -0.790. The van der Waals surface area contributed by atoms with Crippen molar-refractivity contribution < 1.29 is 18.7 Å². The Kier molecular flexibility index (Phi) is 7.73. The number of rotatable bonds is 7. The molecule has 1 aliphatic rings. The molecule has 0 fully saturated rings. The first-order chi connectivity index (χ1) is 15.7. The first kappa shape index (κ1) is 24.7. The Hall–Kier alpha value is -2.94. The van der Waals surface area contributed by atoms with Gasteiger partial charge in [0.25, 0.3) is 5.91 Å². The summed E-state index contributed by atoms with van der Waals surface area (Å²) in [5.41, 5.74) is -0.578. The molecule has 33 heavy (non-hydrogen) atoms. The van der Waals surface area contributed by atoms with Gasteiger partial charge in [0.1, 0.15) is 16.7 Å². The second-order valence-corrected chi connectivity index (χ2v) is 8.80. The number of aromatic nitrogens is 1. The highest BCUT2D eigenvalue weighted by Crippen LogP contribution is 2.38. The van der Waals surface area contributed by atoms with E-state index in [1.54, 1.807) is 4.90 Å². The van der Waals surface area contributed by atoms with E-state index in [9.17, 15) is 23.5 Å². The van der Waals surface area contributed by atoms with Crippen LogP contribution in [0.25, 0.3) is 0 Å². The molecule has 1 amide bonds. The van der Waals surface area contributed by atoms with Gasteiger partial charge >= 0.3 is 0 Å². The predicted octanol–water partition coefficient (Wildman–Crippen LogP) is 4.85. The number of halogens is 2. The van der Waals surface area contributed by atoms with E-state index in [-0.39, 0.29) is 16.3 Å². The van der Waals surface area contributed by atoms with Gasteiger partial charge < -0.3 is 14.6 Å². The Morgan fingerprint density at radius 2 is 1.97 bits per heavy atom. The van der Waals surface area contributed by atoms with E-state index < -0.39 is 34.6 Å². The fourth-order valence-corrected chi connectivity index (χ4v) is 5.16. The number of hydrogen-bond donors (Lipinski definition) is 2. The average Bonchev–Trinajstić information content (AvgIpc) is 2.78. The smallest absolute Gasteiger partial charge is 0.274 e. The third-order valence-electron chi connectivity index (χ3n) is 5.70. The molecule has 1 aromatic heterocycles. The van der Waals surface area contributed by atoms with Gasteiger partial charge in [-0.3, -0.25) is 15.0 Å². The number of likely N-dealkylation sites (N-methyl/N-ethyl adjacent to an activating group) is 1. The van der Waals surface area contributed by atoms with Crippen LogP contribution in [-0.4, -0.2) is 38.6 Å². The van der Waals surface area contributed by atoms with Crippen molar-refractivity contribution in [2.45, 2.75) is 46.1 Å². The summed E-state index contributed by atoms with van der Waals surface area (Å²) in [6.45, 7) is 6.88. The largest absolute Gasteiger partial charge is 0.503 e. The van der Waals surface area contributed by atoms with Gasteiger partial charge in [-0.25, -0.2) is 8.78 Å². The Morgan fingerprint density at radius 3 is 2.58 bits per heavy atom. The highest BCUT2D eigenvalue weighted by atomic mass is 32.2. The highest BCUT2D eigenvalue weighted by Gasteiger charge is 2.30. The van der Waals surface area contributed by atoms with Crippen molar-refractivity contribution in [3.05, 3.63) is 74.1 Å². The zero-order valence-corrected chi connectivity index (χ0v) is 19.6. The van der Waals surface area contributed by atoms with E-state index in [0.29, 0.717) is 42.9 Å². The van der Waals surface area contributed by atoms with Crippen LogP contribution in [0.15, 0.2) is 40.2 Å². The fraction of sp³-hybridized carbons (Fsp3) is 0.375. The van der Waals surface area contributed by atoms with E-state index in [1.165, 1.54) is 22.9 Å². The summed E-state index contributed by atoms with van der Waals surface area (Å²) in [6, 6.07) is 3.43. The van der Waals surface area contributed by atoms with Gasteiger partial charge in [0.2, 0.25) is 5.43 Å². The molecule has 2 heterocycles. The monoisotopic (exact) mass is 475 g/mol. The first-order valence-corrected chi connectivity index (χ1v) is 11.7. The summed E-state index contributed by atoms with van der Waals surface area (Å²) in [5.74, 6) is -2.85. The van der Waals surface area contributed by atoms with E-state index >= 15 is 0 Å². The van der Waals surface area contributed by atoms with E-state index in [1.807, 2.05) is 26.8 Å². The van der Waals surface area contributed by atoms with Crippen molar-refractivity contribution in [2.75, 3.05) is 13.1 Å². The van der Waals surface area contributed by atoms with Crippen molar-refractivity contribution in [1.29, 1.82) is 5.41 Å². The zero-order valence-electron chi connectivity index (χ0n) is 18.8. The van der Waals surface area contributed by atoms with E-state index in [4.69, 9.17) is 5.41 Å². The standard InChI is InChI=1S/C24H27F2N3O3S/c1-4-7-19(15(5-2)16-9-8-14(25)12-18(16)26)33-23(27)17-13-29-11-10-28(6-3)24(32)20(29)22(31)21(17)30/h7-9,12-13,15,27,31H,4-6,10-11H2,1-3H3/b19-7+,27-23?. The van der Waals surface area contributed by atoms with Crippen LogP contribution < -0.4 is 5.43 Å². The summed E-state index contributed by atoms with van der Waals surface area (Å²) in [7, 11) is 0. The lowest BCUT2D eigenvalue weighted by Gasteiger charge is -2.29. The molecule has 0 saturated carbocycles. The lowest BCUT2D eigenvalue weighted by atomic mass is 9.95. The minimum absolute atomic E-state index is 0.0320. The quantitative estimate of drug-likeness (QED) is 0.443. The number of fused-ring (bicyclic) bond motifs is 1. The summed E-state index contributed by atoms with van der Waals surface area (Å²) in [6.07, 6.45) is 4.41. The Morgan fingerprint density at radius 1 is 1.24 bits per heavy atom. The molecule has 1 atom stereocenters. The maximum Gasteiger partial charge on any atom is 0.274 e. The third kappa shape index (κ3) is 4.88. The van der Waals surface area contributed by atoms with Crippen LogP contribution in [0, 0.1) is 17.0 Å². The van der Waals surface area contributed by atoms with Crippen molar-refractivity contribution in [3.8, 4) is 5.75 Å². The average molecular weight is 476 g/mol. The number of aromatic hydroxyl groups is 1. The van der Waals surface area contributed by atoms with E-state index in [0.717, 1.165) is 17.8 Å². The van der Waals surface area contributed by atoms with Gasteiger partial charge in [-0.2, -0.15) is 0 Å². The fourth-order valence-electron chi connectivity index (χ4n) is 3.98.